The maximum Gasteiger partial charge on any atom is 0.305 e. The summed E-state index contributed by atoms with van der Waals surface area (Å²) in [4.78, 5) is 22.8. The van der Waals surface area contributed by atoms with Gasteiger partial charge in [-0.2, -0.15) is 0 Å². The molecule has 0 radical (unpaired) electrons. The zero-order valence-electron chi connectivity index (χ0n) is 11.4. The average Bonchev–Trinajstić information content (AvgIpc) is 2.27. The molecule has 0 saturated carbocycles. The number of hydrogen-bond donors (Lipinski definition) is 2. The molecule has 0 bridgehead atoms. The smallest absolute Gasteiger partial charge is 0.305 e. The Hall–Kier alpha value is -1.10. The summed E-state index contributed by atoms with van der Waals surface area (Å²) in [6.45, 7) is 6.37. The molecular weight excluding hydrogens is 234 g/mol. The van der Waals surface area contributed by atoms with E-state index in [4.69, 9.17) is 9.84 Å². The number of aliphatic carboxylic acids is 1. The second kappa shape index (κ2) is 6.18. The van der Waals surface area contributed by atoms with Crippen molar-refractivity contribution < 1.29 is 19.4 Å². The Morgan fingerprint density at radius 3 is 2.50 bits per heavy atom. The average molecular weight is 257 g/mol. The Morgan fingerprint density at radius 1 is 1.39 bits per heavy atom. The first-order chi connectivity index (χ1) is 8.30. The first-order valence-electron chi connectivity index (χ1n) is 6.44. The van der Waals surface area contributed by atoms with Crippen molar-refractivity contribution in [1.82, 2.24) is 5.32 Å². The lowest BCUT2D eigenvalue weighted by Crippen LogP contribution is -2.49. The van der Waals surface area contributed by atoms with Crippen molar-refractivity contribution in [3.05, 3.63) is 0 Å². The minimum atomic E-state index is -0.903. The summed E-state index contributed by atoms with van der Waals surface area (Å²) in [6.07, 6.45) is 2.20. The molecule has 5 nitrogen and oxygen atoms in total. The zero-order valence-corrected chi connectivity index (χ0v) is 11.4. The highest BCUT2D eigenvalue weighted by atomic mass is 16.5. The highest BCUT2D eigenvalue weighted by Gasteiger charge is 2.31. The summed E-state index contributed by atoms with van der Waals surface area (Å²) < 4.78 is 5.40. The van der Waals surface area contributed by atoms with Gasteiger partial charge in [0, 0.05) is 12.6 Å². The van der Waals surface area contributed by atoms with Crippen LogP contribution in [0, 0.1) is 5.41 Å². The molecule has 0 spiro atoms. The monoisotopic (exact) mass is 257 g/mol. The fourth-order valence-corrected chi connectivity index (χ4v) is 1.96. The van der Waals surface area contributed by atoms with E-state index in [9.17, 15) is 9.59 Å². The fraction of sp³-hybridized carbons (Fsp3) is 0.846. The van der Waals surface area contributed by atoms with Crippen LogP contribution in [-0.4, -0.2) is 35.7 Å². The predicted molar refractivity (Wildman–Crippen MR) is 67.2 cm³/mol. The third-order valence-corrected chi connectivity index (χ3v) is 3.21. The number of carboxylic acid groups (broad SMARTS) is 1. The lowest BCUT2D eigenvalue weighted by Gasteiger charge is -2.32. The lowest BCUT2D eigenvalue weighted by atomic mass is 9.84. The molecule has 0 aliphatic carbocycles. The summed E-state index contributed by atoms with van der Waals surface area (Å²) in [7, 11) is 0. The normalized spacial score (nSPS) is 22.3. The van der Waals surface area contributed by atoms with Gasteiger partial charge in [-0.1, -0.05) is 20.8 Å². The van der Waals surface area contributed by atoms with Crippen LogP contribution < -0.4 is 5.32 Å². The van der Waals surface area contributed by atoms with Crippen molar-refractivity contribution in [1.29, 1.82) is 0 Å². The summed E-state index contributed by atoms with van der Waals surface area (Å²) in [6, 6.07) is -0.381. The van der Waals surface area contributed by atoms with Gasteiger partial charge < -0.3 is 15.2 Å². The summed E-state index contributed by atoms with van der Waals surface area (Å²) in [5.74, 6) is -1.09. The van der Waals surface area contributed by atoms with Gasteiger partial charge in [-0.05, 0) is 24.7 Å². The summed E-state index contributed by atoms with van der Waals surface area (Å²) >= 11 is 0. The van der Waals surface area contributed by atoms with Crippen LogP contribution in [0.3, 0.4) is 0 Å². The van der Waals surface area contributed by atoms with Crippen LogP contribution in [0.15, 0.2) is 0 Å². The van der Waals surface area contributed by atoms with Gasteiger partial charge in [-0.25, -0.2) is 0 Å². The second-order valence-corrected chi connectivity index (χ2v) is 5.88. The molecule has 2 unspecified atom stereocenters. The molecule has 1 amide bonds. The molecule has 1 aliphatic heterocycles. The van der Waals surface area contributed by atoms with Gasteiger partial charge in [-0.3, -0.25) is 9.59 Å². The second-order valence-electron chi connectivity index (χ2n) is 5.88. The first-order valence-corrected chi connectivity index (χ1v) is 6.44. The lowest BCUT2D eigenvalue weighted by molar-refractivity contribution is -0.140. The number of carboxylic acids is 1. The van der Waals surface area contributed by atoms with Gasteiger partial charge in [0.2, 0.25) is 5.91 Å². The van der Waals surface area contributed by atoms with E-state index in [1.165, 1.54) is 0 Å². The molecule has 0 aromatic heterocycles. The van der Waals surface area contributed by atoms with E-state index >= 15 is 0 Å². The Balaban J connectivity index is 2.59. The Labute approximate surface area is 108 Å². The number of carbonyl (C=O) groups excluding carboxylic acids is 1. The van der Waals surface area contributed by atoms with E-state index in [1.54, 1.807) is 0 Å². The number of ether oxygens (including phenoxy) is 1. The molecule has 18 heavy (non-hydrogen) atoms. The molecule has 0 aromatic carbocycles. The minimum Gasteiger partial charge on any atom is -0.481 e. The molecule has 1 saturated heterocycles. The largest absolute Gasteiger partial charge is 0.481 e. The molecule has 2 N–H and O–H groups in total. The van der Waals surface area contributed by atoms with Crippen molar-refractivity contribution in [3.8, 4) is 0 Å². The van der Waals surface area contributed by atoms with Crippen molar-refractivity contribution in [2.45, 2.75) is 58.6 Å². The van der Waals surface area contributed by atoms with Gasteiger partial charge in [-0.15, -0.1) is 0 Å². The maximum absolute atomic E-state index is 12.0. The van der Waals surface area contributed by atoms with E-state index in [0.29, 0.717) is 6.61 Å². The number of carbonyl (C=O) groups is 2. The van der Waals surface area contributed by atoms with Gasteiger partial charge >= 0.3 is 5.97 Å². The molecule has 1 rings (SSSR count). The van der Waals surface area contributed by atoms with Gasteiger partial charge in [0.1, 0.15) is 6.10 Å². The molecule has 2 atom stereocenters. The zero-order chi connectivity index (χ0) is 13.8. The highest BCUT2D eigenvalue weighted by molar-refractivity contribution is 5.82. The number of hydrogen-bond acceptors (Lipinski definition) is 3. The predicted octanol–water partition coefficient (Wildman–Crippen LogP) is 1.56. The van der Waals surface area contributed by atoms with Crippen molar-refractivity contribution >= 4 is 11.9 Å². The quantitative estimate of drug-likeness (QED) is 0.801. The maximum atomic E-state index is 12.0. The molecule has 5 heteroatoms. The Kier molecular flexibility index (Phi) is 5.14. The van der Waals surface area contributed by atoms with Gasteiger partial charge in [0.05, 0.1) is 6.42 Å². The third-order valence-electron chi connectivity index (χ3n) is 3.21. The van der Waals surface area contributed by atoms with Crippen molar-refractivity contribution in [3.63, 3.8) is 0 Å². The molecule has 0 aromatic rings. The van der Waals surface area contributed by atoms with Crippen LogP contribution in [0.2, 0.25) is 0 Å². The minimum absolute atomic E-state index is 0.0675. The third kappa shape index (κ3) is 4.64. The Bertz CT molecular complexity index is 303. The van der Waals surface area contributed by atoms with E-state index < -0.39 is 12.1 Å². The number of rotatable bonds is 4. The van der Waals surface area contributed by atoms with E-state index in [0.717, 1.165) is 19.3 Å². The van der Waals surface area contributed by atoms with Gasteiger partial charge in [0.25, 0.3) is 0 Å². The van der Waals surface area contributed by atoms with E-state index in [1.807, 2.05) is 20.8 Å². The van der Waals surface area contributed by atoms with Crippen LogP contribution in [0.4, 0.5) is 0 Å². The number of nitrogens with one attached hydrogen (secondary N) is 1. The summed E-state index contributed by atoms with van der Waals surface area (Å²) in [5.41, 5.74) is -0.289. The van der Waals surface area contributed by atoms with Crippen LogP contribution in [-0.2, 0) is 14.3 Å². The highest BCUT2D eigenvalue weighted by Crippen LogP contribution is 2.23. The molecular formula is C13H23NO4. The topological polar surface area (TPSA) is 75.6 Å². The van der Waals surface area contributed by atoms with Crippen LogP contribution in [0.5, 0.6) is 0 Å². The van der Waals surface area contributed by atoms with E-state index in [2.05, 4.69) is 5.32 Å². The van der Waals surface area contributed by atoms with Gasteiger partial charge in [0.15, 0.2) is 0 Å². The Morgan fingerprint density at radius 2 is 2.06 bits per heavy atom. The molecule has 1 heterocycles. The summed E-state index contributed by atoms with van der Waals surface area (Å²) in [5, 5.41) is 11.7. The number of amides is 1. The van der Waals surface area contributed by atoms with Crippen LogP contribution in [0.1, 0.15) is 46.5 Å². The first kappa shape index (κ1) is 15.0. The molecule has 1 aliphatic rings. The van der Waals surface area contributed by atoms with Crippen molar-refractivity contribution in [2.24, 2.45) is 5.41 Å². The SMILES string of the molecule is CC(C)(C)C(CC(=O)O)NC(=O)C1CCCCO1. The van der Waals surface area contributed by atoms with Crippen LogP contribution in [0.25, 0.3) is 0 Å². The van der Waals surface area contributed by atoms with Crippen LogP contribution >= 0.6 is 0 Å². The molecule has 104 valence electrons. The fourth-order valence-electron chi connectivity index (χ4n) is 1.96. The van der Waals surface area contributed by atoms with E-state index in [-0.39, 0.29) is 23.8 Å². The molecule has 1 fully saturated rings. The van der Waals surface area contributed by atoms with Crippen molar-refractivity contribution in [2.75, 3.05) is 6.61 Å². The standard InChI is InChI=1S/C13H23NO4/c1-13(2,3)10(8-11(15)16)14-12(17)9-6-4-5-7-18-9/h9-10H,4-8H2,1-3H3,(H,14,17)(H,15,16).